The van der Waals surface area contributed by atoms with Crippen LogP contribution in [0.1, 0.15) is 38.3 Å². The molecule has 1 amide bonds. The van der Waals surface area contributed by atoms with Crippen LogP contribution in [0.3, 0.4) is 0 Å². The molecule has 1 aliphatic heterocycles. The first-order chi connectivity index (χ1) is 15.7. The fourth-order valence-electron chi connectivity index (χ4n) is 4.08. The van der Waals surface area contributed by atoms with Crippen molar-refractivity contribution in [3.8, 4) is 28.8 Å². The second kappa shape index (κ2) is 8.56. The largest absolute Gasteiger partial charge is 0.465 e. The number of ether oxygens (including phenoxy) is 1. The minimum atomic E-state index is -1.03. The molecule has 170 valence electrons. The third-order valence-corrected chi connectivity index (χ3v) is 5.54. The molecular weight excluding hydrogens is 422 g/mol. The first kappa shape index (κ1) is 22.3. The van der Waals surface area contributed by atoms with E-state index in [2.05, 4.69) is 16.2 Å². The standard InChI is InChI=1S/C24H25N5O4/c1-15-6-7-19-20(29(15)23(30)31)9-8-18(17-12-27-28(13-17)14-24(2,3)32)21(19)33-22-16(11-25)5-4-10-26-22/h4-5,8-10,12-13,15,32H,6-7,14H2,1-3H3,(H,30,31)/t15-/m0/s1. The summed E-state index contributed by atoms with van der Waals surface area (Å²) in [6.45, 7) is 5.58. The molecule has 0 unspecified atom stereocenters. The number of hydrogen-bond acceptors (Lipinski definition) is 6. The van der Waals surface area contributed by atoms with Gasteiger partial charge in [-0.25, -0.2) is 9.78 Å². The summed E-state index contributed by atoms with van der Waals surface area (Å²) in [4.78, 5) is 17.5. The van der Waals surface area contributed by atoms with Gasteiger partial charge in [0.2, 0.25) is 5.88 Å². The smallest absolute Gasteiger partial charge is 0.412 e. The van der Waals surface area contributed by atoms with E-state index < -0.39 is 11.7 Å². The second-order valence-electron chi connectivity index (χ2n) is 8.79. The van der Waals surface area contributed by atoms with Crippen molar-refractivity contribution in [3.63, 3.8) is 0 Å². The number of amides is 1. The lowest BCUT2D eigenvalue weighted by atomic mass is 9.92. The molecule has 0 saturated heterocycles. The Morgan fingerprint density at radius 1 is 1.36 bits per heavy atom. The molecule has 3 aromatic rings. The molecule has 0 bridgehead atoms. The van der Waals surface area contributed by atoms with Crippen LogP contribution in [0.4, 0.5) is 10.5 Å². The van der Waals surface area contributed by atoms with Gasteiger partial charge in [-0.15, -0.1) is 0 Å². The maximum Gasteiger partial charge on any atom is 0.412 e. The maximum absolute atomic E-state index is 12.0. The highest BCUT2D eigenvalue weighted by atomic mass is 16.5. The summed E-state index contributed by atoms with van der Waals surface area (Å²) in [5, 5.41) is 33.8. The first-order valence-corrected chi connectivity index (χ1v) is 10.6. The van der Waals surface area contributed by atoms with Crippen LogP contribution in [-0.4, -0.2) is 42.7 Å². The van der Waals surface area contributed by atoms with E-state index in [0.717, 1.165) is 11.1 Å². The molecule has 2 aromatic heterocycles. The van der Waals surface area contributed by atoms with E-state index in [1.165, 1.54) is 11.1 Å². The number of nitriles is 1. The van der Waals surface area contributed by atoms with Gasteiger partial charge in [0, 0.05) is 35.1 Å². The van der Waals surface area contributed by atoms with Gasteiger partial charge in [0.1, 0.15) is 17.4 Å². The van der Waals surface area contributed by atoms with E-state index in [0.29, 0.717) is 36.4 Å². The van der Waals surface area contributed by atoms with Crippen molar-refractivity contribution in [1.82, 2.24) is 14.8 Å². The van der Waals surface area contributed by atoms with Crippen molar-refractivity contribution < 1.29 is 19.7 Å². The topological polar surface area (TPSA) is 125 Å². The van der Waals surface area contributed by atoms with E-state index in [1.807, 2.05) is 6.92 Å². The summed E-state index contributed by atoms with van der Waals surface area (Å²) in [7, 11) is 0. The van der Waals surface area contributed by atoms with E-state index in [9.17, 15) is 20.3 Å². The second-order valence-corrected chi connectivity index (χ2v) is 8.79. The zero-order chi connectivity index (χ0) is 23.8. The minimum Gasteiger partial charge on any atom is -0.465 e. The van der Waals surface area contributed by atoms with Gasteiger partial charge in [-0.3, -0.25) is 9.58 Å². The van der Waals surface area contributed by atoms with Crippen LogP contribution >= 0.6 is 0 Å². The fourth-order valence-corrected chi connectivity index (χ4v) is 4.08. The molecule has 1 aliphatic rings. The summed E-state index contributed by atoms with van der Waals surface area (Å²) in [5.74, 6) is 0.600. The zero-order valence-electron chi connectivity index (χ0n) is 18.7. The average molecular weight is 447 g/mol. The highest BCUT2D eigenvalue weighted by molar-refractivity contribution is 5.91. The molecule has 1 aromatic carbocycles. The number of fused-ring (bicyclic) bond motifs is 1. The Hall–Kier alpha value is -3.90. The monoisotopic (exact) mass is 447 g/mol. The molecule has 0 fully saturated rings. The fraction of sp³-hybridized carbons (Fsp3) is 0.333. The van der Waals surface area contributed by atoms with E-state index in [4.69, 9.17) is 4.74 Å². The van der Waals surface area contributed by atoms with Gasteiger partial charge in [0.15, 0.2) is 0 Å². The molecule has 1 atom stereocenters. The normalized spacial score (nSPS) is 15.6. The van der Waals surface area contributed by atoms with Gasteiger partial charge in [-0.05, 0) is 57.9 Å². The van der Waals surface area contributed by atoms with Crippen LogP contribution in [0.25, 0.3) is 11.1 Å². The van der Waals surface area contributed by atoms with E-state index >= 15 is 0 Å². The Morgan fingerprint density at radius 3 is 2.85 bits per heavy atom. The van der Waals surface area contributed by atoms with Crippen molar-refractivity contribution >= 4 is 11.8 Å². The Morgan fingerprint density at radius 2 is 2.15 bits per heavy atom. The lowest BCUT2D eigenvalue weighted by Crippen LogP contribution is -2.41. The number of carboxylic acid groups (broad SMARTS) is 1. The molecule has 0 radical (unpaired) electrons. The molecule has 9 nitrogen and oxygen atoms in total. The predicted octanol–water partition coefficient (Wildman–Crippen LogP) is 4.20. The Bertz CT molecular complexity index is 1240. The summed E-state index contributed by atoms with van der Waals surface area (Å²) < 4.78 is 7.86. The Balaban J connectivity index is 1.87. The minimum absolute atomic E-state index is 0.152. The van der Waals surface area contributed by atoms with Crippen molar-refractivity contribution in [2.75, 3.05) is 4.90 Å². The van der Waals surface area contributed by atoms with Crippen LogP contribution in [0.15, 0.2) is 42.9 Å². The molecule has 0 saturated carbocycles. The molecule has 2 N–H and O–H groups in total. The molecule has 4 rings (SSSR count). The Kier molecular flexibility index (Phi) is 5.78. The van der Waals surface area contributed by atoms with Gasteiger partial charge in [-0.2, -0.15) is 10.4 Å². The third kappa shape index (κ3) is 4.52. The number of nitrogens with zero attached hydrogens (tertiary/aromatic N) is 5. The Labute approximate surface area is 191 Å². The van der Waals surface area contributed by atoms with Gasteiger partial charge in [0.05, 0.1) is 24.0 Å². The third-order valence-electron chi connectivity index (χ3n) is 5.54. The molecule has 3 heterocycles. The molecule has 33 heavy (non-hydrogen) atoms. The summed E-state index contributed by atoms with van der Waals surface area (Å²) in [6, 6.07) is 8.75. The maximum atomic E-state index is 12.0. The van der Waals surface area contributed by atoms with Crippen molar-refractivity contribution in [1.29, 1.82) is 5.26 Å². The van der Waals surface area contributed by atoms with Crippen LogP contribution in [0.2, 0.25) is 0 Å². The van der Waals surface area contributed by atoms with Gasteiger partial charge < -0.3 is 14.9 Å². The summed E-state index contributed by atoms with van der Waals surface area (Å²) in [6.07, 6.45) is 5.22. The lowest BCUT2D eigenvalue weighted by Gasteiger charge is -2.34. The van der Waals surface area contributed by atoms with Crippen LogP contribution in [-0.2, 0) is 13.0 Å². The molecule has 0 spiro atoms. The lowest BCUT2D eigenvalue weighted by molar-refractivity contribution is 0.0577. The van der Waals surface area contributed by atoms with Gasteiger partial charge in [-0.1, -0.05) is 0 Å². The van der Waals surface area contributed by atoms with Gasteiger partial charge >= 0.3 is 6.09 Å². The molecular formula is C24H25N5O4. The highest BCUT2D eigenvalue weighted by Crippen LogP contribution is 2.44. The van der Waals surface area contributed by atoms with Crippen LogP contribution in [0.5, 0.6) is 11.6 Å². The van der Waals surface area contributed by atoms with Crippen LogP contribution in [0, 0.1) is 11.3 Å². The van der Waals surface area contributed by atoms with Crippen molar-refractivity contribution in [2.24, 2.45) is 0 Å². The number of rotatable bonds is 5. The number of aromatic nitrogens is 3. The highest BCUT2D eigenvalue weighted by Gasteiger charge is 2.32. The van der Waals surface area contributed by atoms with Gasteiger partial charge in [0.25, 0.3) is 0 Å². The zero-order valence-corrected chi connectivity index (χ0v) is 18.7. The number of anilines is 1. The van der Waals surface area contributed by atoms with Crippen molar-refractivity contribution in [2.45, 2.75) is 51.8 Å². The SMILES string of the molecule is C[C@H]1CCc2c(ccc(-c3cnn(CC(C)(C)O)c3)c2Oc2ncccc2C#N)N1C(=O)O. The number of aliphatic hydroxyl groups is 1. The summed E-state index contributed by atoms with van der Waals surface area (Å²) >= 11 is 0. The average Bonchev–Trinajstić information content (AvgIpc) is 3.20. The van der Waals surface area contributed by atoms with Crippen molar-refractivity contribution in [3.05, 3.63) is 54.0 Å². The summed E-state index contributed by atoms with van der Waals surface area (Å²) in [5.41, 5.74) is 2.07. The number of pyridine rings is 1. The molecule has 0 aliphatic carbocycles. The number of carbonyl (C=O) groups is 1. The van der Waals surface area contributed by atoms with E-state index in [-0.39, 0.29) is 17.5 Å². The van der Waals surface area contributed by atoms with E-state index in [1.54, 1.807) is 55.2 Å². The molecule has 9 heteroatoms. The van der Waals surface area contributed by atoms with Crippen LogP contribution < -0.4 is 9.64 Å². The predicted molar refractivity (Wildman–Crippen MR) is 121 cm³/mol. The number of benzene rings is 1. The number of hydrogen-bond donors (Lipinski definition) is 2. The quantitative estimate of drug-likeness (QED) is 0.600. The first-order valence-electron chi connectivity index (χ1n) is 10.6.